The van der Waals surface area contributed by atoms with E-state index in [1.165, 1.54) is 16.8 Å². The van der Waals surface area contributed by atoms with Gasteiger partial charge in [0.25, 0.3) is 0 Å². The molecule has 1 aromatic heterocycles. The van der Waals surface area contributed by atoms with Crippen molar-refractivity contribution in [2.75, 3.05) is 5.32 Å². The fraction of sp³-hybridized carbons (Fsp3) is 0.375. The molecule has 1 heterocycles. The molecule has 0 unspecified atom stereocenters. The average Bonchev–Trinajstić information content (AvgIpc) is 2.77. The molecule has 7 nitrogen and oxygen atoms in total. The molecule has 0 fully saturated rings. The van der Waals surface area contributed by atoms with Crippen molar-refractivity contribution in [3.05, 3.63) is 51.1 Å². The highest BCUT2D eigenvalue weighted by molar-refractivity contribution is 5.92. The SMILES string of the molecule is Cc1ccc(F)cc1NC(=O)[C@@H](C)Cn1nc(C)c([N+](=O)[O-])c1C. The Morgan fingerprint density at radius 2 is 2.08 bits per heavy atom. The number of amides is 1. The molecule has 2 aromatic rings. The molecule has 24 heavy (non-hydrogen) atoms. The largest absolute Gasteiger partial charge is 0.325 e. The van der Waals surface area contributed by atoms with Gasteiger partial charge in [-0.15, -0.1) is 0 Å². The van der Waals surface area contributed by atoms with Crippen LogP contribution in [0.25, 0.3) is 0 Å². The number of anilines is 1. The number of hydrogen-bond donors (Lipinski definition) is 1. The lowest BCUT2D eigenvalue weighted by Crippen LogP contribution is -2.25. The van der Waals surface area contributed by atoms with Crippen molar-refractivity contribution in [3.8, 4) is 0 Å². The maximum Gasteiger partial charge on any atom is 0.312 e. The zero-order valence-electron chi connectivity index (χ0n) is 14.0. The van der Waals surface area contributed by atoms with E-state index in [0.717, 1.165) is 5.56 Å². The first-order chi connectivity index (χ1) is 11.2. The standard InChI is InChI=1S/C16H19FN4O3/c1-9-5-6-13(17)7-14(9)18-16(22)10(2)8-20-12(4)15(21(23)24)11(3)19-20/h5-7,10H,8H2,1-4H3,(H,18,22)/t10-/m0/s1. The Kier molecular flexibility index (Phi) is 4.96. The number of carbonyl (C=O) groups is 1. The predicted octanol–water partition coefficient (Wildman–Crippen LogP) is 3.13. The molecule has 2 rings (SSSR count). The van der Waals surface area contributed by atoms with Crippen molar-refractivity contribution in [2.45, 2.75) is 34.2 Å². The number of aromatic nitrogens is 2. The lowest BCUT2D eigenvalue weighted by Gasteiger charge is -2.14. The second-order valence-corrected chi connectivity index (χ2v) is 5.81. The third kappa shape index (κ3) is 3.58. The molecular weight excluding hydrogens is 315 g/mol. The third-order valence-electron chi connectivity index (χ3n) is 3.88. The van der Waals surface area contributed by atoms with Crippen LogP contribution < -0.4 is 5.32 Å². The minimum absolute atomic E-state index is 0.0383. The van der Waals surface area contributed by atoms with Gasteiger partial charge in [-0.05, 0) is 38.5 Å². The van der Waals surface area contributed by atoms with E-state index in [0.29, 0.717) is 17.1 Å². The molecular formula is C16H19FN4O3. The summed E-state index contributed by atoms with van der Waals surface area (Å²) >= 11 is 0. The highest BCUT2D eigenvalue weighted by Gasteiger charge is 2.24. The Labute approximate surface area is 138 Å². The van der Waals surface area contributed by atoms with E-state index >= 15 is 0 Å². The molecule has 128 valence electrons. The van der Waals surface area contributed by atoms with Crippen molar-refractivity contribution in [1.82, 2.24) is 9.78 Å². The smallest absolute Gasteiger partial charge is 0.312 e. The molecule has 0 saturated carbocycles. The molecule has 0 radical (unpaired) electrons. The molecule has 1 atom stereocenters. The first-order valence-corrected chi connectivity index (χ1v) is 7.46. The Balaban J connectivity index is 2.14. The predicted molar refractivity (Wildman–Crippen MR) is 87.3 cm³/mol. The summed E-state index contributed by atoms with van der Waals surface area (Å²) in [6.45, 7) is 6.80. The van der Waals surface area contributed by atoms with Crippen LogP contribution in [0.1, 0.15) is 23.9 Å². The van der Waals surface area contributed by atoms with E-state index < -0.39 is 16.7 Å². The van der Waals surface area contributed by atoms with Crippen LogP contribution in [0.3, 0.4) is 0 Å². The molecule has 8 heteroatoms. The second kappa shape index (κ2) is 6.77. The number of halogens is 1. The van der Waals surface area contributed by atoms with Crippen LogP contribution in [0, 0.1) is 42.6 Å². The lowest BCUT2D eigenvalue weighted by molar-refractivity contribution is -0.386. The number of carbonyl (C=O) groups excluding carboxylic acids is 1. The quantitative estimate of drug-likeness (QED) is 0.672. The van der Waals surface area contributed by atoms with Gasteiger partial charge in [-0.3, -0.25) is 19.6 Å². The molecule has 1 N–H and O–H groups in total. The number of benzene rings is 1. The Morgan fingerprint density at radius 1 is 1.42 bits per heavy atom. The fourth-order valence-electron chi connectivity index (χ4n) is 2.46. The second-order valence-electron chi connectivity index (χ2n) is 5.81. The number of nitro groups is 1. The van der Waals surface area contributed by atoms with Crippen molar-refractivity contribution in [3.63, 3.8) is 0 Å². The van der Waals surface area contributed by atoms with E-state index in [1.807, 2.05) is 0 Å². The topological polar surface area (TPSA) is 90.1 Å². The summed E-state index contributed by atoms with van der Waals surface area (Å²) in [5.41, 5.74) is 1.83. The molecule has 0 aliphatic heterocycles. The Morgan fingerprint density at radius 3 is 2.67 bits per heavy atom. The first kappa shape index (κ1) is 17.6. The maximum atomic E-state index is 13.3. The minimum atomic E-state index is -0.495. The highest BCUT2D eigenvalue weighted by atomic mass is 19.1. The summed E-state index contributed by atoms with van der Waals surface area (Å²) in [4.78, 5) is 22.9. The fourth-order valence-corrected chi connectivity index (χ4v) is 2.46. The molecule has 0 bridgehead atoms. The van der Waals surface area contributed by atoms with Gasteiger partial charge in [0.1, 0.15) is 17.2 Å². The summed E-state index contributed by atoms with van der Waals surface area (Å²) in [6.07, 6.45) is 0. The van der Waals surface area contributed by atoms with Crippen LogP contribution in [0.15, 0.2) is 18.2 Å². The van der Waals surface area contributed by atoms with E-state index in [9.17, 15) is 19.3 Å². The van der Waals surface area contributed by atoms with E-state index in [2.05, 4.69) is 10.4 Å². The molecule has 1 amide bonds. The molecule has 0 spiro atoms. The van der Waals surface area contributed by atoms with Gasteiger partial charge in [-0.2, -0.15) is 5.10 Å². The van der Waals surface area contributed by atoms with Crippen molar-refractivity contribution >= 4 is 17.3 Å². The molecule has 1 aromatic carbocycles. The number of nitrogens with one attached hydrogen (secondary N) is 1. The molecule has 0 aliphatic rings. The van der Waals surface area contributed by atoms with Gasteiger partial charge in [0.2, 0.25) is 5.91 Å². The average molecular weight is 334 g/mol. The Bertz CT molecular complexity index is 801. The monoisotopic (exact) mass is 334 g/mol. The van der Waals surface area contributed by atoms with Gasteiger partial charge in [-0.1, -0.05) is 13.0 Å². The van der Waals surface area contributed by atoms with Gasteiger partial charge in [0, 0.05) is 5.69 Å². The summed E-state index contributed by atoms with van der Waals surface area (Å²) < 4.78 is 14.7. The summed E-state index contributed by atoms with van der Waals surface area (Å²) in [5.74, 6) is -1.23. The van der Waals surface area contributed by atoms with E-state index in [-0.39, 0.29) is 18.1 Å². The van der Waals surface area contributed by atoms with Gasteiger partial charge >= 0.3 is 5.69 Å². The van der Waals surface area contributed by atoms with Gasteiger partial charge in [0.15, 0.2) is 0 Å². The van der Waals surface area contributed by atoms with Crippen LogP contribution in [0.4, 0.5) is 15.8 Å². The third-order valence-corrected chi connectivity index (χ3v) is 3.88. The van der Waals surface area contributed by atoms with Gasteiger partial charge in [0.05, 0.1) is 17.4 Å². The number of rotatable bonds is 5. The van der Waals surface area contributed by atoms with Crippen molar-refractivity contribution in [1.29, 1.82) is 0 Å². The van der Waals surface area contributed by atoms with Gasteiger partial charge in [-0.25, -0.2) is 4.39 Å². The van der Waals surface area contributed by atoms with Gasteiger partial charge < -0.3 is 5.32 Å². The zero-order valence-corrected chi connectivity index (χ0v) is 14.0. The number of hydrogen-bond acceptors (Lipinski definition) is 4. The highest BCUT2D eigenvalue weighted by Crippen LogP contribution is 2.23. The summed E-state index contributed by atoms with van der Waals surface area (Å²) in [5, 5.41) is 17.8. The van der Waals surface area contributed by atoms with Crippen LogP contribution in [-0.4, -0.2) is 20.6 Å². The van der Waals surface area contributed by atoms with Crippen molar-refractivity contribution in [2.24, 2.45) is 5.92 Å². The summed E-state index contributed by atoms with van der Waals surface area (Å²) in [7, 11) is 0. The minimum Gasteiger partial charge on any atom is -0.325 e. The first-order valence-electron chi connectivity index (χ1n) is 7.46. The number of nitrogens with zero attached hydrogens (tertiary/aromatic N) is 3. The summed E-state index contributed by atoms with van der Waals surface area (Å²) in [6, 6.07) is 4.16. The lowest BCUT2D eigenvalue weighted by atomic mass is 10.1. The van der Waals surface area contributed by atoms with Crippen LogP contribution >= 0.6 is 0 Å². The zero-order chi connectivity index (χ0) is 18.0. The van der Waals surface area contributed by atoms with Crippen LogP contribution in [0.2, 0.25) is 0 Å². The van der Waals surface area contributed by atoms with E-state index in [1.54, 1.807) is 33.8 Å². The van der Waals surface area contributed by atoms with E-state index in [4.69, 9.17) is 0 Å². The van der Waals surface area contributed by atoms with Crippen molar-refractivity contribution < 1.29 is 14.1 Å². The maximum absolute atomic E-state index is 13.3. The normalized spacial score (nSPS) is 12.0. The molecule has 0 saturated heterocycles. The molecule has 0 aliphatic carbocycles. The Hall–Kier alpha value is -2.77. The van der Waals surface area contributed by atoms with Crippen LogP contribution in [0.5, 0.6) is 0 Å². The van der Waals surface area contributed by atoms with Crippen LogP contribution in [-0.2, 0) is 11.3 Å². The number of aryl methyl sites for hydroxylation is 2.